The molecule has 10 heteroatoms. The minimum absolute atomic E-state index is 0.0187. The second-order valence-electron chi connectivity index (χ2n) is 6.07. The van der Waals surface area contributed by atoms with E-state index in [2.05, 4.69) is 9.44 Å². The fourth-order valence-electron chi connectivity index (χ4n) is 2.62. The van der Waals surface area contributed by atoms with Crippen molar-refractivity contribution in [3.63, 3.8) is 0 Å². The van der Waals surface area contributed by atoms with Gasteiger partial charge in [-0.25, -0.2) is 25.9 Å². The normalized spacial score (nSPS) is 17.7. The van der Waals surface area contributed by atoms with Crippen LogP contribution in [-0.2, 0) is 24.8 Å². The molecule has 0 saturated carbocycles. The van der Waals surface area contributed by atoms with Crippen molar-refractivity contribution in [2.75, 3.05) is 17.9 Å². The average Bonchev–Trinajstić information content (AvgIpc) is 3.14. The number of benzene rings is 2. The first-order valence-corrected chi connectivity index (χ1v) is 11.2. The van der Waals surface area contributed by atoms with Crippen LogP contribution in [0, 0.1) is 5.82 Å². The molecule has 2 aromatic rings. The van der Waals surface area contributed by atoms with Crippen molar-refractivity contribution in [2.45, 2.75) is 28.7 Å². The third kappa shape index (κ3) is 5.04. The summed E-state index contributed by atoms with van der Waals surface area (Å²) in [6.45, 7) is 0.830. The minimum atomic E-state index is -3.90. The predicted octanol–water partition coefficient (Wildman–Crippen LogP) is 2.08. The summed E-state index contributed by atoms with van der Waals surface area (Å²) in [6.07, 6.45) is 1.60. The molecule has 0 radical (unpaired) electrons. The number of halogens is 1. The van der Waals surface area contributed by atoms with Crippen LogP contribution in [0.1, 0.15) is 12.8 Å². The molecule has 1 aliphatic heterocycles. The Kier molecular flexibility index (Phi) is 5.80. The first kappa shape index (κ1) is 19.7. The van der Waals surface area contributed by atoms with Crippen LogP contribution in [0.4, 0.5) is 10.1 Å². The van der Waals surface area contributed by atoms with Crippen LogP contribution in [0.2, 0.25) is 0 Å². The number of anilines is 1. The average molecular weight is 414 g/mol. The van der Waals surface area contributed by atoms with Gasteiger partial charge in [0.1, 0.15) is 5.82 Å². The van der Waals surface area contributed by atoms with Crippen LogP contribution in [-0.4, -0.2) is 36.1 Å². The van der Waals surface area contributed by atoms with E-state index in [9.17, 15) is 21.2 Å². The van der Waals surface area contributed by atoms with Crippen LogP contribution >= 0.6 is 0 Å². The van der Waals surface area contributed by atoms with Gasteiger partial charge in [-0.05, 0) is 61.4 Å². The Morgan fingerprint density at radius 3 is 2.11 bits per heavy atom. The molecule has 0 unspecified atom stereocenters. The Bertz CT molecular complexity index is 985. The van der Waals surface area contributed by atoms with Gasteiger partial charge in [0, 0.05) is 18.8 Å². The first-order chi connectivity index (χ1) is 12.8. The van der Waals surface area contributed by atoms with Gasteiger partial charge >= 0.3 is 0 Å². The maximum atomic E-state index is 12.9. The molecule has 2 aromatic carbocycles. The van der Waals surface area contributed by atoms with Gasteiger partial charge in [-0.3, -0.25) is 4.72 Å². The van der Waals surface area contributed by atoms with Crippen molar-refractivity contribution in [1.82, 2.24) is 4.72 Å². The molecule has 27 heavy (non-hydrogen) atoms. The highest BCUT2D eigenvalue weighted by Gasteiger charge is 2.20. The zero-order chi connectivity index (χ0) is 19.5. The molecular formula is C17H19FN2O5S2. The molecule has 146 valence electrons. The third-order valence-electron chi connectivity index (χ3n) is 4.07. The summed E-state index contributed by atoms with van der Waals surface area (Å²) in [7, 11) is -7.61. The lowest BCUT2D eigenvalue weighted by Gasteiger charge is -2.12. The quantitative estimate of drug-likeness (QED) is 0.722. The Hall–Kier alpha value is -2.01. The zero-order valence-electron chi connectivity index (χ0n) is 14.3. The molecular weight excluding hydrogens is 395 g/mol. The van der Waals surface area contributed by atoms with E-state index in [0.717, 1.165) is 37.1 Å². The van der Waals surface area contributed by atoms with Gasteiger partial charge in [0.25, 0.3) is 10.0 Å². The third-order valence-corrected chi connectivity index (χ3v) is 6.90. The Balaban J connectivity index is 1.68. The smallest absolute Gasteiger partial charge is 0.261 e. The highest BCUT2D eigenvalue weighted by molar-refractivity contribution is 7.92. The van der Waals surface area contributed by atoms with Crippen molar-refractivity contribution in [2.24, 2.45) is 0 Å². The van der Waals surface area contributed by atoms with Gasteiger partial charge in [-0.1, -0.05) is 0 Å². The molecule has 0 amide bonds. The monoisotopic (exact) mass is 414 g/mol. The van der Waals surface area contributed by atoms with Crippen molar-refractivity contribution in [3.8, 4) is 0 Å². The molecule has 0 aromatic heterocycles. The maximum Gasteiger partial charge on any atom is 0.261 e. The van der Waals surface area contributed by atoms with Gasteiger partial charge in [0.05, 0.1) is 15.9 Å². The Labute approximate surface area is 157 Å². The molecule has 1 saturated heterocycles. The zero-order valence-corrected chi connectivity index (χ0v) is 15.9. The number of hydrogen-bond acceptors (Lipinski definition) is 5. The highest BCUT2D eigenvalue weighted by atomic mass is 32.2. The molecule has 1 atom stereocenters. The lowest BCUT2D eigenvalue weighted by Crippen LogP contribution is -2.31. The van der Waals surface area contributed by atoms with Crippen LogP contribution in [0.5, 0.6) is 0 Å². The topological polar surface area (TPSA) is 102 Å². The second-order valence-corrected chi connectivity index (χ2v) is 9.52. The fraction of sp³-hybridized carbons (Fsp3) is 0.294. The minimum Gasteiger partial charge on any atom is -0.377 e. The summed E-state index contributed by atoms with van der Waals surface area (Å²) in [5.74, 6) is -0.543. The standard InChI is InChI=1S/C17H19FN2O5S2/c18-13-3-7-17(8-4-13)27(23,24)20-14-5-9-16(10-6-14)26(21,22)19-12-15-2-1-11-25-15/h3-10,15,19-20H,1-2,11-12H2/t15-/m1/s1. The van der Waals surface area contributed by atoms with Crippen LogP contribution in [0.25, 0.3) is 0 Å². The fourth-order valence-corrected chi connectivity index (χ4v) is 4.75. The summed E-state index contributed by atoms with van der Waals surface area (Å²) >= 11 is 0. The number of ether oxygens (including phenoxy) is 1. The number of rotatable bonds is 7. The second kappa shape index (κ2) is 7.93. The van der Waals surface area contributed by atoms with Crippen molar-refractivity contribution >= 4 is 25.7 Å². The highest BCUT2D eigenvalue weighted by Crippen LogP contribution is 2.19. The molecule has 1 aliphatic rings. The molecule has 0 spiro atoms. The predicted molar refractivity (Wildman–Crippen MR) is 97.8 cm³/mol. The van der Waals surface area contributed by atoms with Gasteiger partial charge in [-0.2, -0.15) is 0 Å². The lowest BCUT2D eigenvalue weighted by molar-refractivity contribution is 0.114. The SMILES string of the molecule is O=S(=O)(NC[C@H]1CCCO1)c1ccc(NS(=O)(=O)c2ccc(F)cc2)cc1. The van der Waals surface area contributed by atoms with E-state index < -0.39 is 25.9 Å². The van der Waals surface area contributed by atoms with Crippen molar-refractivity contribution < 1.29 is 26.0 Å². The summed E-state index contributed by atoms with van der Waals surface area (Å²) < 4.78 is 72.3. The summed E-state index contributed by atoms with van der Waals surface area (Å²) in [5.41, 5.74) is 0.192. The van der Waals surface area contributed by atoms with Crippen molar-refractivity contribution in [3.05, 3.63) is 54.3 Å². The summed E-state index contributed by atoms with van der Waals surface area (Å²) in [4.78, 5) is -0.0796. The van der Waals surface area contributed by atoms with Crippen LogP contribution < -0.4 is 9.44 Å². The van der Waals surface area contributed by atoms with Crippen LogP contribution in [0.15, 0.2) is 58.3 Å². The Morgan fingerprint density at radius 1 is 0.926 bits per heavy atom. The van der Waals surface area contributed by atoms with Gasteiger partial charge in [-0.15, -0.1) is 0 Å². The molecule has 1 heterocycles. The molecule has 0 aliphatic carbocycles. The number of nitrogens with one attached hydrogen (secondary N) is 2. The van der Waals surface area contributed by atoms with E-state index in [4.69, 9.17) is 4.74 Å². The molecule has 1 fully saturated rings. The van der Waals surface area contributed by atoms with Gasteiger partial charge in [0.15, 0.2) is 0 Å². The van der Waals surface area contributed by atoms with E-state index in [1.54, 1.807) is 0 Å². The van der Waals surface area contributed by atoms with E-state index in [0.29, 0.717) is 6.61 Å². The summed E-state index contributed by atoms with van der Waals surface area (Å²) in [5, 5.41) is 0. The maximum absolute atomic E-state index is 12.9. The lowest BCUT2D eigenvalue weighted by atomic mass is 10.2. The first-order valence-electron chi connectivity index (χ1n) is 8.26. The van der Waals surface area contributed by atoms with E-state index in [-0.39, 0.29) is 28.1 Å². The van der Waals surface area contributed by atoms with Gasteiger partial charge < -0.3 is 4.74 Å². The largest absolute Gasteiger partial charge is 0.377 e. The van der Waals surface area contributed by atoms with Gasteiger partial charge in [0.2, 0.25) is 10.0 Å². The van der Waals surface area contributed by atoms with E-state index in [1.165, 1.54) is 24.3 Å². The molecule has 0 bridgehead atoms. The summed E-state index contributed by atoms with van der Waals surface area (Å²) in [6, 6.07) is 9.69. The number of hydrogen-bond donors (Lipinski definition) is 2. The van der Waals surface area contributed by atoms with Crippen molar-refractivity contribution in [1.29, 1.82) is 0 Å². The Morgan fingerprint density at radius 2 is 1.52 bits per heavy atom. The molecule has 7 nitrogen and oxygen atoms in total. The van der Waals surface area contributed by atoms with E-state index in [1.807, 2.05) is 0 Å². The molecule has 2 N–H and O–H groups in total. The molecule has 3 rings (SSSR count). The number of sulfonamides is 2. The van der Waals surface area contributed by atoms with E-state index >= 15 is 0 Å². The van der Waals surface area contributed by atoms with Crippen LogP contribution in [0.3, 0.4) is 0 Å².